The fourth-order valence-electron chi connectivity index (χ4n) is 2.54. The van der Waals surface area contributed by atoms with Gasteiger partial charge in [-0.3, -0.25) is 4.79 Å². The van der Waals surface area contributed by atoms with Crippen molar-refractivity contribution in [2.45, 2.75) is 6.61 Å². The number of carbonyl (C=O) groups is 1. The molecule has 1 amide bonds. The number of benzene rings is 3. The molecule has 0 aliphatic rings. The molecule has 3 rings (SSSR count). The number of hydrogen-bond donors (Lipinski definition) is 1. The second-order valence-corrected chi connectivity index (χ2v) is 7.36. The van der Waals surface area contributed by atoms with E-state index in [0.717, 1.165) is 0 Å². The van der Waals surface area contributed by atoms with Crippen molar-refractivity contribution in [3.05, 3.63) is 92.4 Å². The van der Waals surface area contributed by atoms with Crippen LogP contribution < -0.4 is 14.9 Å². The number of ether oxygens (including phenoxy) is 2. The third-order valence-corrected chi connectivity index (χ3v) is 5.07. The van der Waals surface area contributed by atoms with E-state index in [4.69, 9.17) is 44.3 Å². The number of amides is 1. The van der Waals surface area contributed by atoms with Crippen LogP contribution in [-0.4, -0.2) is 19.2 Å². The average molecular weight is 464 g/mol. The summed E-state index contributed by atoms with van der Waals surface area (Å²) in [6, 6.07) is 17.1. The first kappa shape index (κ1) is 22.0. The minimum Gasteiger partial charge on any atom is -0.493 e. The van der Waals surface area contributed by atoms with Crippen molar-refractivity contribution in [3.8, 4) is 11.5 Å². The van der Waals surface area contributed by atoms with Crippen molar-refractivity contribution >= 4 is 46.9 Å². The standard InChI is InChI=1S/C22H17Cl3N2O3/c1-29-21-11-14(12-26-27-22(28)15-6-8-16(23)9-7-15)5-10-20(21)30-13-17-18(24)3-2-4-19(17)25/h2-12H,13H2,1H3,(H,27,28)/b26-12-. The Balaban J connectivity index is 1.65. The Morgan fingerprint density at radius 3 is 2.37 bits per heavy atom. The SMILES string of the molecule is COc1cc(/C=N\NC(=O)c2ccc(Cl)cc2)ccc1OCc1c(Cl)cccc1Cl. The average Bonchev–Trinajstić information content (AvgIpc) is 2.74. The van der Waals surface area contributed by atoms with Crippen LogP contribution in [-0.2, 0) is 6.61 Å². The lowest BCUT2D eigenvalue weighted by atomic mass is 10.2. The van der Waals surface area contributed by atoms with Gasteiger partial charge in [0.1, 0.15) is 6.61 Å². The molecule has 1 N–H and O–H groups in total. The van der Waals surface area contributed by atoms with Crippen LogP contribution in [0.1, 0.15) is 21.5 Å². The normalized spacial score (nSPS) is 10.8. The molecule has 0 unspecified atom stereocenters. The molecule has 0 heterocycles. The minimum atomic E-state index is -0.341. The molecule has 0 spiro atoms. The molecule has 3 aromatic rings. The Hall–Kier alpha value is -2.73. The molecule has 0 aliphatic heterocycles. The van der Waals surface area contributed by atoms with E-state index < -0.39 is 0 Å². The van der Waals surface area contributed by atoms with Crippen LogP contribution >= 0.6 is 34.8 Å². The first-order chi connectivity index (χ1) is 14.5. The number of hydrogen-bond acceptors (Lipinski definition) is 4. The summed E-state index contributed by atoms with van der Waals surface area (Å²) in [5.74, 6) is 0.688. The molecule has 0 saturated heterocycles. The quantitative estimate of drug-likeness (QED) is 0.345. The van der Waals surface area contributed by atoms with Gasteiger partial charge in [-0.15, -0.1) is 0 Å². The van der Waals surface area contributed by atoms with Gasteiger partial charge in [-0.2, -0.15) is 5.10 Å². The maximum Gasteiger partial charge on any atom is 0.271 e. The number of halogens is 3. The van der Waals surface area contributed by atoms with E-state index in [2.05, 4.69) is 10.5 Å². The van der Waals surface area contributed by atoms with Crippen LogP contribution in [0.25, 0.3) is 0 Å². The highest BCUT2D eigenvalue weighted by Gasteiger charge is 2.10. The van der Waals surface area contributed by atoms with Crippen molar-refractivity contribution in [3.63, 3.8) is 0 Å². The molecular weight excluding hydrogens is 447 g/mol. The topological polar surface area (TPSA) is 59.9 Å². The van der Waals surface area contributed by atoms with Crippen molar-refractivity contribution in [1.29, 1.82) is 0 Å². The third-order valence-electron chi connectivity index (χ3n) is 4.11. The van der Waals surface area contributed by atoms with Crippen LogP contribution in [0.15, 0.2) is 65.8 Å². The molecule has 0 radical (unpaired) electrons. The predicted molar refractivity (Wildman–Crippen MR) is 120 cm³/mol. The minimum absolute atomic E-state index is 0.194. The van der Waals surface area contributed by atoms with Crippen LogP contribution in [0, 0.1) is 0 Å². The van der Waals surface area contributed by atoms with E-state index >= 15 is 0 Å². The molecule has 154 valence electrons. The number of rotatable bonds is 7. The smallest absolute Gasteiger partial charge is 0.271 e. The van der Waals surface area contributed by atoms with Crippen LogP contribution in [0.2, 0.25) is 15.1 Å². The van der Waals surface area contributed by atoms with E-state index in [0.29, 0.717) is 43.3 Å². The summed E-state index contributed by atoms with van der Waals surface area (Å²) in [6.45, 7) is 0.194. The largest absolute Gasteiger partial charge is 0.493 e. The van der Waals surface area contributed by atoms with Gasteiger partial charge < -0.3 is 9.47 Å². The van der Waals surface area contributed by atoms with E-state index in [1.54, 1.807) is 60.7 Å². The summed E-state index contributed by atoms with van der Waals surface area (Å²) in [7, 11) is 1.54. The van der Waals surface area contributed by atoms with Gasteiger partial charge in [0.15, 0.2) is 11.5 Å². The molecule has 0 saturated carbocycles. The van der Waals surface area contributed by atoms with Gasteiger partial charge in [-0.1, -0.05) is 40.9 Å². The summed E-state index contributed by atoms with van der Waals surface area (Å²) in [4.78, 5) is 12.1. The van der Waals surface area contributed by atoms with Crippen molar-refractivity contribution in [2.24, 2.45) is 5.10 Å². The molecule has 8 heteroatoms. The fourth-order valence-corrected chi connectivity index (χ4v) is 3.17. The predicted octanol–water partition coefficient (Wildman–Crippen LogP) is 6.00. The summed E-state index contributed by atoms with van der Waals surface area (Å²) in [6.07, 6.45) is 1.51. The van der Waals surface area contributed by atoms with Gasteiger partial charge in [0.05, 0.1) is 13.3 Å². The van der Waals surface area contributed by atoms with Gasteiger partial charge in [-0.25, -0.2) is 5.43 Å². The summed E-state index contributed by atoms with van der Waals surface area (Å²) < 4.78 is 11.2. The van der Waals surface area contributed by atoms with E-state index in [-0.39, 0.29) is 12.5 Å². The third kappa shape index (κ3) is 5.66. The Labute approximate surface area is 189 Å². The van der Waals surface area contributed by atoms with Gasteiger partial charge in [0.25, 0.3) is 5.91 Å². The lowest BCUT2D eigenvalue weighted by molar-refractivity contribution is 0.0955. The maximum absolute atomic E-state index is 12.1. The molecule has 0 atom stereocenters. The molecule has 30 heavy (non-hydrogen) atoms. The molecule has 3 aromatic carbocycles. The second kappa shape index (κ2) is 10.3. The lowest BCUT2D eigenvalue weighted by Gasteiger charge is -2.13. The van der Waals surface area contributed by atoms with E-state index in [1.807, 2.05) is 0 Å². The molecular formula is C22H17Cl3N2O3. The molecule has 0 aliphatic carbocycles. The summed E-state index contributed by atoms with van der Waals surface area (Å²) in [5.41, 5.74) is 4.33. The van der Waals surface area contributed by atoms with Gasteiger partial charge in [0.2, 0.25) is 0 Å². The number of methoxy groups -OCH3 is 1. The Bertz CT molecular complexity index is 1050. The van der Waals surface area contributed by atoms with E-state index in [1.165, 1.54) is 13.3 Å². The van der Waals surface area contributed by atoms with Gasteiger partial charge in [-0.05, 0) is 60.2 Å². The molecule has 0 bridgehead atoms. The molecule has 5 nitrogen and oxygen atoms in total. The zero-order valence-corrected chi connectivity index (χ0v) is 18.1. The fraction of sp³-hybridized carbons (Fsp3) is 0.0909. The number of hydrazone groups is 1. The van der Waals surface area contributed by atoms with Crippen LogP contribution in [0.4, 0.5) is 0 Å². The van der Waals surface area contributed by atoms with Gasteiger partial charge >= 0.3 is 0 Å². The highest BCUT2D eigenvalue weighted by Crippen LogP contribution is 2.31. The highest BCUT2D eigenvalue weighted by molar-refractivity contribution is 6.36. The zero-order chi connectivity index (χ0) is 21.5. The van der Waals surface area contributed by atoms with Crippen molar-refractivity contribution < 1.29 is 14.3 Å². The number of carbonyl (C=O) groups excluding carboxylic acids is 1. The maximum atomic E-state index is 12.1. The Kier molecular flexibility index (Phi) is 7.57. The highest BCUT2D eigenvalue weighted by atomic mass is 35.5. The van der Waals surface area contributed by atoms with Crippen molar-refractivity contribution in [2.75, 3.05) is 7.11 Å². The van der Waals surface area contributed by atoms with Crippen LogP contribution in [0.5, 0.6) is 11.5 Å². The summed E-state index contributed by atoms with van der Waals surface area (Å²) >= 11 is 18.2. The van der Waals surface area contributed by atoms with Crippen molar-refractivity contribution in [1.82, 2.24) is 5.43 Å². The molecule has 0 aromatic heterocycles. The first-order valence-electron chi connectivity index (χ1n) is 8.80. The summed E-state index contributed by atoms with van der Waals surface area (Å²) in [5, 5.41) is 5.59. The first-order valence-corrected chi connectivity index (χ1v) is 9.94. The Morgan fingerprint density at radius 1 is 1.00 bits per heavy atom. The second-order valence-electron chi connectivity index (χ2n) is 6.11. The molecule has 0 fully saturated rings. The van der Waals surface area contributed by atoms with Gasteiger partial charge in [0, 0.05) is 26.2 Å². The van der Waals surface area contributed by atoms with Crippen LogP contribution in [0.3, 0.4) is 0 Å². The van der Waals surface area contributed by atoms with E-state index in [9.17, 15) is 4.79 Å². The number of nitrogens with zero attached hydrogens (tertiary/aromatic N) is 1. The zero-order valence-electron chi connectivity index (χ0n) is 15.9. The lowest BCUT2D eigenvalue weighted by Crippen LogP contribution is -2.17. The number of nitrogens with one attached hydrogen (secondary N) is 1. The Morgan fingerprint density at radius 2 is 1.70 bits per heavy atom. The monoisotopic (exact) mass is 462 g/mol.